The number of nitrogens with zero attached hydrogens (tertiary/aromatic N) is 2. The molecule has 4 nitrogen and oxygen atoms in total. The third kappa shape index (κ3) is 2.40. The first kappa shape index (κ1) is 11.9. The van der Waals surface area contributed by atoms with E-state index in [4.69, 9.17) is 11.6 Å². The number of halogens is 1. The molecule has 2 heterocycles. The number of hydrogen-bond donors (Lipinski definition) is 0. The van der Waals surface area contributed by atoms with Crippen molar-refractivity contribution in [3.05, 3.63) is 18.0 Å². The van der Waals surface area contributed by atoms with Crippen LogP contribution < -0.4 is 0 Å². The van der Waals surface area contributed by atoms with Gasteiger partial charge in [0.1, 0.15) is 0 Å². The Morgan fingerprint density at radius 1 is 1.69 bits per heavy atom. The average Bonchev–Trinajstić information content (AvgIpc) is 2.83. The fraction of sp³-hybridized carbons (Fsp3) is 0.700. The van der Waals surface area contributed by atoms with E-state index < -0.39 is 9.84 Å². The van der Waals surface area contributed by atoms with Gasteiger partial charge in [-0.15, -0.1) is 11.6 Å². The van der Waals surface area contributed by atoms with Crippen LogP contribution in [0.2, 0.25) is 0 Å². The molecule has 16 heavy (non-hydrogen) atoms. The molecule has 0 bridgehead atoms. The van der Waals surface area contributed by atoms with Gasteiger partial charge in [-0.1, -0.05) is 6.92 Å². The van der Waals surface area contributed by atoms with E-state index in [0.717, 1.165) is 12.0 Å². The highest BCUT2D eigenvalue weighted by atomic mass is 35.5. The topological polar surface area (TPSA) is 52.0 Å². The number of rotatable bonds is 3. The molecule has 1 aromatic rings. The summed E-state index contributed by atoms with van der Waals surface area (Å²) in [6.07, 6.45) is 5.09. The number of hydrogen-bond acceptors (Lipinski definition) is 3. The van der Waals surface area contributed by atoms with Gasteiger partial charge in [0.2, 0.25) is 0 Å². The lowest BCUT2D eigenvalue weighted by atomic mass is 10.2. The van der Waals surface area contributed by atoms with Crippen molar-refractivity contribution in [1.82, 2.24) is 9.78 Å². The second-order valence-corrected chi connectivity index (χ2v) is 6.94. The third-order valence-electron chi connectivity index (χ3n) is 2.92. The average molecular weight is 263 g/mol. The molecule has 0 saturated carbocycles. The number of aromatic nitrogens is 2. The van der Waals surface area contributed by atoms with Crippen LogP contribution in [-0.4, -0.2) is 29.7 Å². The molecule has 2 rings (SSSR count). The highest BCUT2D eigenvalue weighted by Gasteiger charge is 2.29. The van der Waals surface area contributed by atoms with Crippen molar-refractivity contribution in [1.29, 1.82) is 0 Å². The van der Waals surface area contributed by atoms with Crippen LogP contribution in [0.1, 0.15) is 36.7 Å². The van der Waals surface area contributed by atoms with Gasteiger partial charge >= 0.3 is 0 Å². The van der Waals surface area contributed by atoms with Crippen molar-refractivity contribution in [2.75, 3.05) is 11.5 Å². The summed E-state index contributed by atoms with van der Waals surface area (Å²) in [5.41, 5.74) is 0.966. The van der Waals surface area contributed by atoms with Gasteiger partial charge in [-0.25, -0.2) is 8.42 Å². The zero-order valence-corrected chi connectivity index (χ0v) is 10.7. The second-order valence-electron chi connectivity index (χ2n) is 4.19. The van der Waals surface area contributed by atoms with Gasteiger partial charge in [0.25, 0.3) is 0 Å². The Morgan fingerprint density at radius 2 is 2.44 bits per heavy atom. The first-order valence-electron chi connectivity index (χ1n) is 5.40. The smallest absolute Gasteiger partial charge is 0.152 e. The van der Waals surface area contributed by atoms with Crippen LogP contribution in [0.3, 0.4) is 0 Å². The molecule has 6 heteroatoms. The quantitative estimate of drug-likeness (QED) is 0.782. The van der Waals surface area contributed by atoms with Crippen LogP contribution in [0, 0.1) is 0 Å². The molecule has 1 aliphatic heterocycles. The maximum absolute atomic E-state index is 11.3. The van der Waals surface area contributed by atoms with Gasteiger partial charge in [-0.3, -0.25) is 4.68 Å². The summed E-state index contributed by atoms with van der Waals surface area (Å²) in [7, 11) is -2.85. The molecule has 0 aromatic carbocycles. The van der Waals surface area contributed by atoms with Crippen molar-refractivity contribution in [3.63, 3.8) is 0 Å². The molecular formula is C10H15ClN2O2S. The maximum Gasteiger partial charge on any atom is 0.152 e. The van der Waals surface area contributed by atoms with Gasteiger partial charge in [-0.2, -0.15) is 5.10 Å². The van der Waals surface area contributed by atoms with Gasteiger partial charge in [0.15, 0.2) is 9.84 Å². The standard InChI is InChI=1S/C10H15ClN2O2S/c1-2-10(11)8-5-12-13(6-8)9-3-4-16(14,15)7-9/h5-6,9-10H,2-4,7H2,1H3. The summed E-state index contributed by atoms with van der Waals surface area (Å²) < 4.78 is 24.4. The maximum atomic E-state index is 11.3. The Kier molecular flexibility index (Phi) is 3.26. The second kappa shape index (κ2) is 4.37. The fourth-order valence-electron chi connectivity index (χ4n) is 1.93. The van der Waals surface area contributed by atoms with E-state index in [1.807, 2.05) is 13.1 Å². The lowest BCUT2D eigenvalue weighted by molar-refractivity contribution is 0.499. The van der Waals surface area contributed by atoms with E-state index in [0.29, 0.717) is 6.42 Å². The Bertz CT molecular complexity index is 469. The largest absolute Gasteiger partial charge is 0.268 e. The minimum Gasteiger partial charge on any atom is -0.268 e. The zero-order chi connectivity index (χ0) is 11.8. The van der Waals surface area contributed by atoms with Crippen molar-refractivity contribution < 1.29 is 8.42 Å². The SMILES string of the molecule is CCC(Cl)c1cnn(C2CCS(=O)(=O)C2)c1. The predicted molar refractivity (Wildman–Crippen MR) is 63.4 cm³/mol. The minimum atomic E-state index is -2.85. The van der Waals surface area contributed by atoms with Crippen molar-refractivity contribution in [2.24, 2.45) is 0 Å². The summed E-state index contributed by atoms with van der Waals surface area (Å²) in [6, 6.07) is -0.0144. The van der Waals surface area contributed by atoms with E-state index in [9.17, 15) is 8.42 Å². The molecule has 0 aliphatic carbocycles. The zero-order valence-electron chi connectivity index (χ0n) is 9.13. The van der Waals surface area contributed by atoms with Crippen LogP contribution in [0.4, 0.5) is 0 Å². The van der Waals surface area contributed by atoms with Crippen LogP contribution in [0.25, 0.3) is 0 Å². The molecule has 0 N–H and O–H groups in total. The summed E-state index contributed by atoms with van der Waals surface area (Å²) in [5, 5.41) is 4.17. The summed E-state index contributed by atoms with van der Waals surface area (Å²) in [6.45, 7) is 2.01. The Balaban J connectivity index is 2.14. The fourth-order valence-corrected chi connectivity index (χ4v) is 3.75. The highest BCUT2D eigenvalue weighted by Crippen LogP contribution is 2.27. The summed E-state index contributed by atoms with van der Waals surface area (Å²) in [5.74, 6) is 0.470. The van der Waals surface area contributed by atoms with Crippen LogP contribution in [0.5, 0.6) is 0 Å². The first-order chi connectivity index (χ1) is 7.52. The summed E-state index contributed by atoms with van der Waals surface area (Å²) >= 11 is 6.10. The van der Waals surface area contributed by atoms with Gasteiger partial charge in [0.05, 0.1) is 29.1 Å². The van der Waals surface area contributed by atoms with Crippen molar-refractivity contribution in [2.45, 2.75) is 31.2 Å². The van der Waals surface area contributed by atoms with E-state index in [1.165, 1.54) is 0 Å². The monoisotopic (exact) mass is 262 g/mol. The van der Waals surface area contributed by atoms with Crippen molar-refractivity contribution in [3.8, 4) is 0 Å². The normalized spacial score (nSPS) is 25.8. The molecule has 0 radical (unpaired) electrons. The van der Waals surface area contributed by atoms with E-state index >= 15 is 0 Å². The van der Waals surface area contributed by atoms with Crippen LogP contribution >= 0.6 is 11.6 Å². The summed E-state index contributed by atoms with van der Waals surface area (Å²) in [4.78, 5) is 0. The number of alkyl halides is 1. The Hall–Kier alpha value is -0.550. The van der Waals surface area contributed by atoms with E-state index in [1.54, 1.807) is 10.9 Å². The molecule has 90 valence electrons. The molecule has 1 saturated heterocycles. The molecule has 1 fully saturated rings. The molecule has 0 spiro atoms. The lowest BCUT2D eigenvalue weighted by Gasteiger charge is -2.07. The number of sulfone groups is 1. The molecule has 0 amide bonds. The third-order valence-corrected chi connectivity index (χ3v) is 5.24. The van der Waals surface area contributed by atoms with Crippen LogP contribution in [0.15, 0.2) is 12.4 Å². The molecule has 2 unspecified atom stereocenters. The molecule has 1 aliphatic rings. The predicted octanol–water partition coefficient (Wildman–Crippen LogP) is 1.93. The highest BCUT2D eigenvalue weighted by molar-refractivity contribution is 7.91. The van der Waals surface area contributed by atoms with Crippen LogP contribution in [-0.2, 0) is 9.84 Å². The lowest BCUT2D eigenvalue weighted by Crippen LogP contribution is -2.11. The van der Waals surface area contributed by atoms with E-state index in [2.05, 4.69) is 5.10 Å². The molecule has 1 aromatic heterocycles. The Labute approximate surface area is 101 Å². The van der Waals surface area contributed by atoms with E-state index in [-0.39, 0.29) is 22.9 Å². The van der Waals surface area contributed by atoms with Gasteiger partial charge in [0, 0.05) is 11.8 Å². The van der Waals surface area contributed by atoms with Gasteiger partial charge in [-0.05, 0) is 12.8 Å². The Morgan fingerprint density at radius 3 is 3.00 bits per heavy atom. The first-order valence-corrected chi connectivity index (χ1v) is 7.66. The van der Waals surface area contributed by atoms with Crippen molar-refractivity contribution >= 4 is 21.4 Å². The minimum absolute atomic E-state index is 0.0144. The van der Waals surface area contributed by atoms with Gasteiger partial charge < -0.3 is 0 Å². The molecule has 2 atom stereocenters. The molecular weight excluding hydrogens is 248 g/mol.